The summed E-state index contributed by atoms with van der Waals surface area (Å²) in [7, 11) is 1.96. The summed E-state index contributed by atoms with van der Waals surface area (Å²) in [5.41, 5.74) is 1.22. The number of rotatable bonds is 5. The maximum absolute atomic E-state index is 4.09. The summed E-state index contributed by atoms with van der Waals surface area (Å²) >= 11 is 0. The number of aryl methyl sites for hydroxylation is 1. The Morgan fingerprint density at radius 2 is 2.46 bits per heavy atom. The zero-order chi connectivity index (χ0) is 9.52. The molecule has 0 aliphatic heterocycles. The van der Waals surface area contributed by atoms with Crippen molar-refractivity contribution in [2.45, 2.75) is 19.9 Å². The third-order valence-corrected chi connectivity index (χ3v) is 1.95. The Labute approximate surface area is 79.5 Å². The second-order valence-electron chi connectivity index (χ2n) is 2.98. The quantitative estimate of drug-likeness (QED) is 0.548. The van der Waals surface area contributed by atoms with E-state index in [1.807, 2.05) is 30.9 Å². The highest BCUT2D eigenvalue weighted by Crippen LogP contribution is 1.94. The first-order valence-electron chi connectivity index (χ1n) is 4.63. The Morgan fingerprint density at radius 3 is 3.08 bits per heavy atom. The molecular weight excluding hydrogens is 162 g/mol. The van der Waals surface area contributed by atoms with Crippen molar-refractivity contribution in [3.63, 3.8) is 0 Å². The monoisotopic (exact) mass is 179 g/mol. The van der Waals surface area contributed by atoms with Gasteiger partial charge in [0.05, 0.1) is 5.69 Å². The van der Waals surface area contributed by atoms with Crippen molar-refractivity contribution in [3.05, 3.63) is 30.1 Å². The van der Waals surface area contributed by atoms with E-state index < -0.39 is 0 Å². The van der Waals surface area contributed by atoms with Crippen molar-refractivity contribution >= 4 is 0 Å². The predicted molar refractivity (Wildman–Crippen MR) is 54.3 cm³/mol. The number of allylic oxidation sites excluding steroid dienone is 1. The van der Waals surface area contributed by atoms with Gasteiger partial charge < -0.3 is 5.32 Å². The molecule has 1 N–H and O–H groups in total. The van der Waals surface area contributed by atoms with E-state index in [2.05, 4.69) is 22.6 Å². The zero-order valence-electron chi connectivity index (χ0n) is 8.33. The smallest absolute Gasteiger partial charge is 0.0518 e. The lowest BCUT2D eigenvalue weighted by Crippen LogP contribution is -2.16. The lowest BCUT2D eigenvalue weighted by atomic mass is 10.3. The summed E-state index contributed by atoms with van der Waals surface area (Å²) < 4.78 is 1.89. The average molecular weight is 179 g/mol. The van der Waals surface area contributed by atoms with Crippen molar-refractivity contribution in [1.82, 2.24) is 15.1 Å². The van der Waals surface area contributed by atoms with Gasteiger partial charge in [-0.15, -0.1) is 0 Å². The molecule has 1 aromatic heterocycles. The van der Waals surface area contributed by atoms with Crippen LogP contribution in [0.15, 0.2) is 24.4 Å². The molecule has 1 heterocycles. The van der Waals surface area contributed by atoms with Crippen LogP contribution in [0.5, 0.6) is 0 Å². The van der Waals surface area contributed by atoms with Crippen molar-refractivity contribution in [1.29, 1.82) is 0 Å². The Hall–Kier alpha value is -1.09. The molecule has 0 atom stereocenters. The van der Waals surface area contributed by atoms with Crippen LogP contribution in [0, 0.1) is 0 Å². The second-order valence-corrected chi connectivity index (χ2v) is 2.98. The molecule has 0 saturated carbocycles. The van der Waals surface area contributed by atoms with Gasteiger partial charge in [0.25, 0.3) is 0 Å². The van der Waals surface area contributed by atoms with Crippen molar-refractivity contribution in [3.8, 4) is 0 Å². The third kappa shape index (κ3) is 3.42. The number of nitrogens with zero attached hydrogens (tertiary/aromatic N) is 2. The van der Waals surface area contributed by atoms with Crippen LogP contribution in [0.3, 0.4) is 0 Å². The average Bonchev–Trinajstić information content (AvgIpc) is 2.52. The minimum Gasteiger partial charge on any atom is -0.311 e. The highest BCUT2D eigenvalue weighted by Gasteiger charge is 1.95. The minimum absolute atomic E-state index is 0.897. The van der Waals surface area contributed by atoms with Gasteiger partial charge in [0.1, 0.15) is 0 Å². The van der Waals surface area contributed by atoms with Crippen LogP contribution in [0.2, 0.25) is 0 Å². The van der Waals surface area contributed by atoms with Gasteiger partial charge in [0.2, 0.25) is 0 Å². The fourth-order valence-corrected chi connectivity index (χ4v) is 1.14. The third-order valence-electron chi connectivity index (χ3n) is 1.95. The van der Waals surface area contributed by atoms with Gasteiger partial charge in [-0.1, -0.05) is 12.2 Å². The molecule has 0 aromatic carbocycles. The standard InChI is InChI=1S/C10H17N3/c1-3-4-5-7-11-9-10-6-8-12-13(10)2/h3-4,6,8,11H,5,7,9H2,1-2H3/b4-3+. The molecule has 0 spiro atoms. The molecule has 0 aliphatic carbocycles. The molecular formula is C10H17N3. The second kappa shape index (κ2) is 5.54. The van der Waals surface area contributed by atoms with Gasteiger partial charge in [-0.05, 0) is 26.0 Å². The lowest BCUT2D eigenvalue weighted by molar-refractivity contribution is 0.629. The van der Waals surface area contributed by atoms with Gasteiger partial charge in [-0.2, -0.15) is 5.10 Å². The molecule has 13 heavy (non-hydrogen) atoms. The van der Waals surface area contributed by atoms with Crippen LogP contribution in [0.25, 0.3) is 0 Å². The lowest BCUT2D eigenvalue weighted by Gasteiger charge is -2.02. The molecule has 3 heteroatoms. The maximum atomic E-state index is 4.09. The molecule has 0 fully saturated rings. The first-order valence-corrected chi connectivity index (χ1v) is 4.63. The molecule has 0 amide bonds. The van der Waals surface area contributed by atoms with Crippen LogP contribution >= 0.6 is 0 Å². The molecule has 72 valence electrons. The largest absolute Gasteiger partial charge is 0.311 e. The van der Waals surface area contributed by atoms with E-state index in [0.29, 0.717) is 0 Å². The normalized spacial score (nSPS) is 11.2. The molecule has 0 aliphatic rings. The van der Waals surface area contributed by atoms with E-state index in [0.717, 1.165) is 19.5 Å². The number of aromatic nitrogens is 2. The van der Waals surface area contributed by atoms with Gasteiger partial charge >= 0.3 is 0 Å². The van der Waals surface area contributed by atoms with Gasteiger partial charge in [-0.25, -0.2) is 0 Å². The van der Waals surface area contributed by atoms with E-state index in [1.165, 1.54) is 5.69 Å². The molecule has 1 rings (SSSR count). The van der Waals surface area contributed by atoms with Crippen LogP contribution in [-0.4, -0.2) is 16.3 Å². The Balaban J connectivity index is 2.16. The first-order chi connectivity index (χ1) is 6.34. The maximum Gasteiger partial charge on any atom is 0.0518 e. The van der Waals surface area contributed by atoms with E-state index in [-0.39, 0.29) is 0 Å². The first kappa shape index (κ1) is 9.99. The zero-order valence-corrected chi connectivity index (χ0v) is 8.33. The molecule has 0 saturated heterocycles. The van der Waals surface area contributed by atoms with Crippen LogP contribution in [-0.2, 0) is 13.6 Å². The van der Waals surface area contributed by atoms with Crippen LogP contribution in [0.4, 0.5) is 0 Å². The summed E-state index contributed by atoms with van der Waals surface area (Å²) in [5, 5.41) is 7.45. The summed E-state index contributed by atoms with van der Waals surface area (Å²) in [6.45, 7) is 3.96. The van der Waals surface area contributed by atoms with Crippen molar-refractivity contribution < 1.29 is 0 Å². The number of hydrogen-bond acceptors (Lipinski definition) is 2. The molecule has 3 nitrogen and oxygen atoms in total. The molecule has 0 bridgehead atoms. The van der Waals surface area contributed by atoms with Crippen LogP contribution in [0.1, 0.15) is 19.0 Å². The van der Waals surface area contributed by atoms with E-state index in [9.17, 15) is 0 Å². The SMILES string of the molecule is C/C=C/CCNCc1ccnn1C. The Bertz CT molecular complexity index is 263. The van der Waals surface area contributed by atoms with Gasteiger partial charge in [0.15, 0.2) is 0 Å². The van der Waals surface area contributed by atoms with E-state index in [1.54, 1.807) is 0 Å². The predicted octanol–water partition coefficient (Wildman–Crippen LogP) is 1.48. The van der Waals surface area contributed by atoms with Gasteiger partial charge in [-0.3, -0.25) is 4.68 Å². The number of hydrogen-bond donors (Lipinski definition) is 1. The minimum atomic E-state index is 0.897. The van der Waals surface area contributed by atoms with Gasteiger partial charge in [0, 0.05) is 19.8 Å². The summed E-state index contributed by atoms with van der Waals surface area (Å²) in [4.78, 5) is 0. The summed E-state index contributed by atoms with van der Waals surface area (Å²) in [6.07, 6.45) is 7.15. The number of nitrogens with one attached hydrogen (secondary N) is 1. The van der Waals surface area contributed by atoms with Crippen LogP contribution < -0.4 is 5.32 Å². The summed E-state index contributed by atoms with van der Waals surface area (Å²) in [5.74, 6) is 0. The molecule has 0 unspecified atom stereocenters. The topological polar surface area (TPSA) is 29.9 Å². The molecule has 0 radical (unpaired) electrons. The van der Waals surface area contributed by atoms with Crippen molar-refractivity contribution in [2.24, 2.45) is 7.05 Å². The Kier molecular flexibility index (Phi) is 4.26. The summed E-state index contributed by atoms with van der Waals surface area (Å²) in [6, 6.07) is 2.03. The highest BCUT2D eigenvalue weighted by atomic mass is 15.3. The van der Waals surface area contributed by atoms with E-state index >= 15 is 0 Å². The fraction of sp³-hybridized carbons (Fsp3) is 0.500. The molecule has 1 aromatic rings. The fourth-order valence-electron chi connectivity index (χ4n) is 1.14. The van der Waals surface area contributed by atoms with E-state index in [4.69, 9.17) is 0 Å². The van der Waals surface area contributed by atoms with Crippen molar-refractivity contribution in [2.75, 3.05) is 6.54 Å². The highest BCUT2D eigenvalue weighted by molar-refractivity contribution is 4.99. The Morgan fingerprint density at radius 1 is 1.62 bits per heavy atom.